The number of amides is 1. The molecule has 0 bridgehead atoms. The van der Waals surface area contributed by atoms with Crippen LogP contribution < -0.4 is 5.32 Å². The van der Waals surface area contributed by atoms with Crippen molar-refractivity contribution in [2.75, 3.05) is 46.9 Å². The smallest absolute Gasteiger partial charge is 0.236 e. The van der Waals surface area contributed by atoms with Crippen LogP contribution in [0.3, 0.4) is 0 Å². The van der Waals surface area contributed by atoms with Gasteiger partial charge < -0.3 is 20.4 Å². The largest absolute Gasteiger partial charge is 0.394 e. The molecule has 1 rings (SSSR count). The van der Waals surface area contributed by atoms with Crippen molar-refractivity contribution in [2.24, 2.45) is 0 Å². The number of likely N-dealkylation sites (N-methyl/N-ethyl adjacent to an activating group) is 1. The second kappa shape index (κ2) is 7.19. The van der Waals surface area contributed by atoms with Crippen molar-refractivity contribution in [1.82, 2.24) is 15.1 Å². The first-order chi connectivity index (χ1) is 8.90. The molecule has 0 aromatic carbocycles. The van der Waals surface area contributed by atoms with Crippen LogP contribution in [0.4, 0.5) is 0 Å². The lowest BCUT2D eigenvalue weighted by atomic mass is 9.98. The van der Waals surface area contributed by atoms with E-state index in [0.717, 1.165) is 25.9 Å². The van der Waals surface area contributed by atoms with Crippen molar-refractivity contribution in [3.05, 3.63) is 0 Å². The topological polar surface area (TPSA) is 76.0 Å². The third-order valence-electron chi connectivity index (χ3n) is 3.70. The van der Waals surface area contributed by atoms with Crippen LogP contribution in [0, 0.1) is 0 Å². The van der Waals surface area contributed by atoms with Crippen LogP contribution in [0.25, 0.3) is 0 Å². The summed E-state index contributed by atoms with van der Waals surface area (Å²) < 4.78 is 0. The summed E-state index contributed by atoms with van der Waals surface area (Å²) in [6.07, 6.45) is 1.85. The van der Waals surface area contributed by atoms with Gasteiger partial charge in [-0.1, -0.05) is 0 Å². The Morgan fingerprint density at radius 1 is 1.32 bits per heavy atom. The fourth-order valence-corrected chi connectivity index (χ4v) is 2.20. The van der Waals surface area contributed by atoms with Gasteiger partial charge in [0.1, 0.15) is 0 Å². The van der Waals surface area contributed by atoms with E-state index in [-0.39, 0.29) is 25.2 Å². The van der Waals surface area contributed by atoms with Gasteiger partial charge in [0, 0.05) is 33.2 Å². The standard InChI is InChI=1S/C13H27N3O3/c1-13(9-17,10-18)14-11-4-6-16(7-5-11)8-12(19)15(2)3/h11,14,17-18H,4-10H2,1-3H3. The monoisotopic (exact) mass is 273 g/mol. The highest BCUT2D eigenvalue weighted by atomic mass is 16.3. The van der Waals surface area contributed by atoms with Crippen LogP contribution >= 0.6 is 0 Å². The lowest BCUT2D eigenvalue weighted by Crippen LogP contribution is -2.56. The van der Waals surface area contributed by atoms with Crippen LogP contribution in [0.5, 0.6) is 0 Å². The molecule has 1 fully saturated rings. The maximum Gasteiger partial charge on any atom is 0.236 e. The molecule has 0 spiro atoms. The molecule has 1 aliphatic rings. The molecular formula is C13H27N3O3. The summed E-state index contributed by atoms with van der Waals surface area (Å²) >= 11 is 0. The van der Waals surface area contributed by atoms with Gasteiger partial charge in [-0.3, -0.25) is 9.69 Å². The summed E-state index contributed by atoms with van der Waals surface area (Å²) in [7, 11) is 3.54. The van der Waals surface area contributed by atoms with Crippen LogP contribution in [0.1, 0.15) is 19.8 Å². The first kappa shape index (κ1) is 16.4. The van der Waals surface area contributed by atoms with Gasteiger partial charge in [0.2, 0.25) is 5.91 Å². The van der Waals surface area contributed by atoms with Gasteiger partial charge in [0.05, 0.1) is 25.3 Å². The highest BCUT2D eigenvalue weighted by Crippen LogP contribution is 2.14. The minimum Gasteiger partial charge on any atom is -0.394 e. The van der Waals surface area contributed by atoms with Crippen molar-refractivity contribution >= 4 is 5.91 Å². The van der Waals surface area contributed by atoms with Gasteiger partial charge in [-0.25, -0.2) is 0 Å². The van der Waals surface area contributed by atoms with Crippen molar-refractivity contribution in [3.63, 3.8) is 0 Å². The van der Waals surface area contributed by atoms with Crippen molar-refractivity contribution < 1.29 is 15.0 Å². The number of hydrogen-bond donors (Lipinski definition) is 3. The number of nitrogens with one attached hydrogen (secondary N) is 1. The average molecular weight is 273 g/mol. The molecule has 112 valence electrons. The highest BCUT2D eigenvalue weighted by molar-refractivity contribution is 5.77. The summed E-state index contributed by atoms with van der Waals surface area (Å²) in [5.41, 5.74) is -0.619. The zero-order valence-corrected chi connectivity index (χ0v) is 12.2. The minimum absolute atomic E-state index is 0.0805. The molecule has 6 heteroatoms. The molecular weight excluding hydrogens is 246 g/mol. The van der Waals surface area contributed by atoms with Crippen LogP contribution in [-0.4, -0.2) is 84.4 Å². The third kappa shape index (κ3) is 5.06. The van der Waals surface area contributed by atoms with Crippen molar-refractivity contribution in [2.45, 2.75) is 31.3 Å². The second-order valence-corrected chi connectivity index (χ2v) is 5.86. The molecule has 19 heavy (non-hydrogen) atoms. The quantitative estimate of drug-likeness (QED) is 0.571. The predicted molar refractivity (Wildman–Crippen MR) is 73.9 cm³/mol. The van der Waals surface area contributed by atoms with E-state index in [1.54, 1.807) is 19.0 Å². The highest BCUT2D eigenvalue weighted by Gasteiger charge is 2.28. The molecule has 1 amide bonds. The first-order valence-electron chi connectivity index (χ1n) is 6.82. The molecule has 1 aliphatic heterocycles. The maximum absolute atomic E-state index is 11.6. The molecule has 6 nitrogen and oxygen atoms in total. The Kier molecular flexibility index (Phi) is 6.19. The maximum atomic E-state index is 11.6. The summed E-state index contributed by atoms with van der Waals surface area (Å²) in [6.45, 7) is 3.85. The Morgan fingerprint density at radius 2 is 1.84 bits per heavy atom. The normalized spacial score (nSPS) is 18.6. The van der Waals surface area contributed by atoms with E-state index in [2.05, 4.69) is 10.2 Å². The number of hydrogen-bond acceptors (Lipinski definition) is 5. The Balaban J connectivity index is 2.35. The number of rotatable bonds is 6. The van der Waals surface area contributed by atoms with Crippen LogP contribution in [-0.2, 0) is 4.79 Å². The Labute approximate surface area is 115 Å². The van der Waals surface area contributed by atoms with Gasteiger partial charge in [-0.05, 0) is 19.8 Å². The van der Waals surface area contributed by atoms with E-state index in [4.69, 9.17) is 0 Å². The van der Waals surface area contributed by atoms with Gasteiger partial charge in [-0.15, -0.1) is 0 Å². The number of likely N-dealkylation sites (tertiary alicyclic amines) is 1. The van der Waals surface area contributed by atoms with Crippen LogP contribution in [0.15, 0.2) is 0 Å². The van der Waals surface area contributed by atoms with Crippen molar-refractivity contribution in [3.8, 4) is 0 Å². The van der Waals surface area contributed by atoms with Gasteiger partial charge in [0.25, 0.3) is 0 Å². The number of piperidine rings is 1. The predicted octanol–water partition coefficient (Wildman–Crippen LogP) is -1.13. The Hall–Kier alpha value is -0.690. The summed E-state index contributed by atoms with van der Waals surface area (Å²) in [4.78, 5) is 15.4. The molecule has 0 aromatic rings. The second-order valence-electron chi connectivity index (χ2n) is 5.86. The van der Waals surface area contributed by atoms with E-state index in [1.807, 2.05) is 6.92 Å². The molecule has 0 saturated carbocycles. The number of nitrogens with zero attached hydrogens (tertiary/aromatic N) is 2. The SMILES string of the molecule is CN(C)C(=O)CN1CCC(NC(C)(CO)CO)CC1. The summed E-state index contributed by atoms with van der Waals surface area (Å²) in [5, 5.41) is 21.8. The molecule has 0 unspecified atom stereocenters. The summed E-state index contributed by atoms with van der Waals surface area (Å²) in [5.74, 6) is 0.127. The average Bonchev–Trinajstić information content (AvgIpc) is 2.40. The molecule has 0 atom stereocenters. The minimum atomic E-state index is -0.619. The fraction of sp³-hybridized carbons (Fsp3) is 0.923. The van der Waals surface area contributed by atoms with E-state index in [0.29, 0.717) is 6.54 Å². The number of aliphatic hydroxyl groups excluding tert-OH is 2. The van der Waals surface area contributed by atoms with Gasteiger partial charge in [0.15, 0.2) is 0 Å². The van der Waals surface area contributed by atoms with E-state index in [9.17, 15) is 15.0 Å². The Morgan fingerprint density at radius 3 is 2.26 bits per heavy atom. The van der Waals surface area contributed by atoms with E-state index < -0.39 is 5.54 Å². The van der Waals surface area contributed by atoms with E-state index in [1.165, 1.54) is 0 Å². The molecule has 1 heterocycles. The number of carbonyl (C=O) groups is 1. The molecule has 1 saturated heterocycles. The third-order valence-corrected chi connectivity index (χ3v) is 3.70. The van der Waals surface area contributed by atoms with Crippen molar-refractivity contribution in [1.29, 1.82) is 0 Å². The first-order valence-corrected chi connectivity index (χ1v) is 6.82. The van der Waals surface area contributed by atoms with Gasteiger partial charge >= 0.3 is 0 Å². The Bertz CT molecular complexity index is 285. The zero-order chi connectivity index (χ0) is 14.5. The molecule has 0 radical (unpaired) electrons. The van der Waals surface area contributed by atoms with Crippen LogP contribution in [0.2, 0.25) is 0 Å². The number of carbonyl (C=O) groups excluding carboxylic acids is 1. The van der Waals surface area contributed by atoms with E-state index >= 15 is 0 Å². The zero-order valence-electron chi connectivity index (χ0n) is 12.2. The fourth-order valence-electron chi connectivity index (χ4n) is 2.20. The molecule has 0 aliphatic carbocycles. The lowest BCUT2D eigenvalue weighted by molar-refractivity contribution is -0.130. The summed E-state index contributed by atoms with van der Waals surface area (Å²) in [6, 6.07) is 0.287. The lowest BCUT2D eigenvalue weighted by Gasteiger charge is -2.37. The molecule has 0 aromatic heterocycles. The number of aliphatic hydroxyl groups is 2. The van der Waals surface area contributed by atoms with Gasteiger partial charge in [-0.2, -0.15) is 0 Å². The molecule has 3 N–H and O–H groups in total.